The molecule has 1 N–H and O–H groups in total. The van der Waals surface area contributed by atoms with Gasteiger partial charge in [-0.1, -0.05) is 23.2 Å². The highest BCUT2D eigenvalue weighted by molar-refractivity contribution is 7.89. The molecule has 2 rings (SSSR count). The van der Waals surface area contributed by atoms with Gasteiger partial charge in [0.05, 0.1) is 9.92 Å². The molecule has 2 aromatic rings. The molecule has 0 bridgehead atoms. The largest absolute Gasteiger partial charge is 0.482 e. The van der Waals surface area contributed by atoms with E-state index in [0.29, 0.717) is 21.5 Å². The lowest BCUT2D eigenvalue weighted by Crippen LogP contribution is -2.22. The highest BCUT2D eigenvalue weighted by Gasteiger charge is 2.16. The van der Waals surface area contributed by atoms with Gasteiger partial charge in [0.25, 0.3) is 5.91 Å². The van der Waals surface area contributed by atoms with Crippen LogP contribution in [0.3, 0.4) is 0 Å². The van der Waals surface area contributed by atoms with Gasteiger partial charge in [-0.2, -0.15) is 0 Å². The van der Waals surface area contributed by atoms with E-state index in [1.165, 1.54) is 44.4 Å². The monoisotopic (exact) mass is 402 g/mol. The van der Waals surface area contributed by atoms with Gasteiger partial charge in [0.1, 0.15) is 5.75 Å². The van der Waals surface area contributed by atoms with Gasteiger partial charge < -0.3 is 10.1 Å². The summed E-state index contributed by atoms with van der Waals surface area (Å²) in [5.74, 6) is -0.0668. The van der Waals surface area contributed by atoms with Crippen molar-refractivity contribution < 1.29 is 17.9 Å². The maximum absolute atomic E-state index is 12.0. The Morgan fingerprint density at radius 2 is 1.76 bits per heavy atom. The number of nitrogens with zero attached hydrogens (tertiary/aromatic N) is 1. The Labute approximate surface area is 156 Å². The van der Waals surface area contributed by atoms with Gasteiger partial charge in [0.15, 0.2) is 6.61 Å². The summed E-state index contributed by atoms with van der Waals surface area (Å²) >= 11 is 11.7. The second kappa shape index (κ2) is 8.05. The number of carbonyl (C=O) groups excluding carboxylic acids is 1. The van der Waals surface area contributed by atoms with Crippen LogP contribution in [-0.2, 0) is 14.8 Å². The Morgan fingerprint density at radius 3 is 2.32 bits per heavy atom. The molecule has 2 aromatic carbocycles. The van der Waals surface area contributed by atoms with E-state index in [1.54, 1.807) is 12.1 Å². The predicted molar refractivity (Wildman–Crippen MR) is 97.9 cm³/mol. The molecular weight excluding hydrogens is 387 g/mol. The fourth-order valence-electron chi connectivity index (χ4n) is 1.85. The number of hydrogen-bond donors (Lipinski definition) is 1. The van der Waals surface area contributed by atoms with E-state index in [1.807, 2.05) is 0 Å². The molecule has 0 fully saturated rings. The number of rotatable bonds is 6. The van der Waals surface area contributed by atoms with Gasteiger partial charge in [-0.15, -0.1) is 0 Å². The number of carbonyl (C=O) groups is 1. The standard InChI is InChI=1S/C16H16Cl2N2O4S/c1-20(2)25(22,23)13-6-4-12(5-7-13)19-16(21)10-24-15-8-3-11(17)9-14(15)18/h3-9H,10H2,1-2H3,(H,19,21). The molecule has 9 heteroatoms. The lowest BCUT2D eigenvalue weighted by Gasteiger charge is -2.12. The minimum Gasteiger partial charge on any atom is -0.482 e. The average molecular weight is 403 g/mol. The minimum atomic E-state index is -3.51. The first kappa shape index (κ1) is 19.5. The highest BCUT2D eigenvalue weighted by atomic mass is 35.5. The third-order valence-electron chi connectivity index (χ3n) is 3.17. The Morgan fingerprint density at radius 1 is 1.12 bits per heavy atom. The van der Waals surface area contributed by atoms with E-state index >= 15 is 0 Å². The van der Waals surface area contributed by atoms with Crippen LogP contribution in [0.5, 0.6) is 5.75 Å². The van der Waals surface area contributed by atoms with Crippen LogP contribution < -0.4 is 10.1 Å². The fourth-order valence-corrected chi connectivity index (χ4v) is 3.22. The molecule has 0 radical (unpaired) electrons. The van der Waals surface area contributed by atoms with Crippen LogP contribution in [0.15, 0.2) is 47.4 Å². The lowest BCUT2D eigenvalue weighted by molar-refractivity contribution is -0.118. The van der Waals surface area contributed by atoms with Crippen LogP contribution in [0.4, 0.5) is 5.69 Å². The molecule has 0 spiro atoms. The Bertz CT molecular complexity index is 868. The first-order valence-electron chi connectivity index (χ1n) is 7.10. The molecule has 0 aromatic heterocycles. The van der Waals surface area contributed by atoms with E-state index in [9.17, 15) is 13.2 Å². The van der Waals surface area contributed by atoms with Gasteiger partial charge in [0.2, 0.25) is 10.0 Å². The van der Waals surface area contributed by atoms with Crippen molar-refractivity contribution in [2.45, 2.75) is 4.90 Å². The number of ether oxygens (including phenoxy) is 1. The number of hydrogen-bond acceptors (Lipinski definition) is 4. The molecule has 0 heterocycles. The molecular formula is C16H16Cl2N2O4S. The van der Waals surface area contributed by atoms with Crippen LogP contribution in [0.2, 0.25) is 10.0 Å². The van der Waals surface area contributed by atoms with Crippen molar-refractivity contribution in [3.05, 3.63) is 52.5 Å². The molecule has 0 saturated carbocycles. The van der Waals surface area contributed by atoms with Crippen LogP contribution in [-0.4, -0.2) is 39.3 Å². The van der Waals surface area contributed by atoms with E-state index < -0.39 is 15.9 Å². The zero-order valence-electron chi connectivity index (χ0n) is 13.5. The number of nitrogens with one attached hydrogen (secondary N) is 1. The SMILES string of the molecule is CN(C)S(=O)(=O)c1ccc(NC(=O)COc2ccc(Cl)cc2Cl)cc1. The zero-order chi connectivity index (χ0) is 18.6. The Hall–Kier alpha value is -1.80. The van der Waals surface area contributed by atoms with Crippen molar-refractivity contribution in [2.75, 3.05) is 26.0 Å². The lowest BCUT2D eigenvalue weighted by atomic mass is 10.3. The number of halogens is 2. The summed E-state index contributed by atoms with van der Waals surface area (Å²) < 4.78 is 30.4. The Balaban J connectivity index is 1.97. The first-order chi connectivity index (χ1) is 11.7. The van der Waals surface area contributed by atoms with Crippen LogP contribution in [0.1, 0.15) is 0 Å². The molecule has 0 saturated heterocycles. The summed E-state index contributed by atoms with van der Waals surface area (Å²) in [6, 6.07) is 10.5. The van der Waals surface area contributed by atoms with Crippen molar-refractivity contribution in [2.24, 2.45) is 0 Å². The van der Waals surface area contributed by atoms with Gasteiger partial charge in [-0.05, 0) is 42.5 Å². The summed E-state index contributed by atoms with van der Waals surface area (Å²) in [6.45, 7) is -0.251. The van der Waals surface area contributed by atoms with E-state index in [4.69, 9.17) is 27.9 Å². The molecule has 0 atom stereocenters. The maximum atomic E-state index is 12.0. The maximum Gasteiger partial charge on any atom is 0.262 e. The topological polar surface area (TPSA) is 75.7 Å². The van der Waals surface area contributed by atoms with E-state index in [0.717, 1.165) is 4.31 Å². The average Bonchev–Trinajstić information content (AvgIpc) is 2.54. The summed E-state index contributed by atoms with van der Waals surface area (Å²) in [5.41, 5.74) is 0.452. The summed E-state index contributed by atoms with van der Waals surface area (Å²) in [5, 5.41) is 3.38. The van der Waals surface area contributed by atoms with E-state index in [-0.39, 0.29) is 11.5 Å². The molecule has 0 unspecified atom stereocenters. The van der Waals surface area contributed by atoms with E-state index in [2.05, 4.69) is 5.32 Å². The van der Waals surface area contributed by atoms with Crippen molar-refractivity contribution in [1.82, 2.24) is 4.31 Å². The summed E-state index contributed by atoms with van der Waals surface area (Å²) in [4.78, 5) is 12.1. The Kier molecular flexibility index (Phi) is 6.29. The van der Waals surface area contributed by atoms with Crippen LogP contribution >= 0.6 is 23.2 Å². The molecule has 0 aliphatic rings. The molecule has 1 amide bonds. The third-order valence-corrected chi connectivity index (χ3v) is 5.53. The molecule has 25 heavy (non-hydrogen) atoms. The molecule has 0 aliphatic heterocycles. The highest BCUT2D eigenvalue weighted by Crippen LogP contribution is 2.27. The molecule has 6 nitrogen and oxygen atoms in total. The smallest absolute Gasteiger partial charge is 0.262 e. The van der Waals surface area contributed by atoms with Crippen LogP contribution in [0, 0.1) is 0 Å². The van der Waals surface area contributed by atoms with Crippen molar-refractivity contribution in [1.29, 1.82) is 0 Å². The number of sulfonamides is 1. The van der Waals surface area contributed by atoms with Crippen molar-refractivity contribution in [3.8, 4) is 5.75 Å². The van der Waals surface area contributed by atoms with Crippen LogP contribution in [0.25, 0.3) is 0 Å². The minimum absolute atomic E-state index is 0.139. The predicted octanol–water partition coefficient (Wildman–Crippen LogP) is 3.26. The number of benzene rings is 2. The number of amides is 1. The molecule has 134 valence electrons. The third kappa shape index (κ3) is 5.09. The van der Waals surface area contributed by atoms with Gasteiger partial charge in [-0.3, -0.25) is 4.79 Å². The second-order valence-electron chi connectivity index (χ2n) is 5.22. The summed E-state index contributed by atoms with van der Waals surface area (Å²) in [6.07, 6.45) is 0. The van der Waals surface area contributed by atoms with Gasteiger partial charge in [0, 0.05) is 24.8 Å². The second-order valence-corrected chi connectivity index (χ2v) is 8.22. The quantitative estimate of drug-likeness (QED) is 0.804. The van der Waals surface area contributed by atoms with Crippen molar-refractivity contribution >= 4 is 44.8 Å². The first-order valence-corrected chi connectivity index (χ1v) is 9.30. The number of anilines is 1. The van der Waals surface area contributed by atoms with Gasteiger partial charge >= 0.3 is 0 Å². The van der Waals surface area contributed by atoms with Crippen molar-refractivity contribution in [3.63, 3.8) is 0 Å². The fraction of sp³-hybridized carbons (Fsp3) is 0.188. The molecule has 0 aliphatic carbocycles. The normalized spacial score (nSPS) is 11.4. The summed E-state index contributed by atoms with van der Waals surface area (Å²) in [7, 11) is -0.609. The zero-order valence-corrected chi connectivity index (χ0v) is 15.8. The van der Waals surface area contributed by atoms with Gasteiger partial charge in [-0.25, -0.2) is 12.7 Å².